The molecule has 0 spiro atoms. The third kappa shape index (κ3) is 1.27. The van der Waals surface area contributed by atoms with Crippen LogP contribution >= 0.6 is 0 Å². The minimum absolute atomic E-state index is 0.0967. The summed E-state index contributed by atoms with van der Waals surface area (Å²) in [5, 5.41) is 17.3. The average Bonchev–Trinajstić information content (AvgIpc) is 2.52. The van der Waals surface area contributed by atoms with Crippen molar-refractivity contribution in [2.24, 2.45) is 5.92 Å². The summed E-state index contributed by atoms with van der Waals surface area (Å²) in [6.45, 7) is 5.77. The number of fused-ring (bicyclic) bond motifs is 1. The van der Waals surface area contributed by atoms with Crippen molar-refractivity contribution in [3.63, 3.8) is 0 Å². The summed E-state index contributed by atoms with van der Waals surface area (Å²) >= 11 is 0. The van der Waals surface area contributed by atoms with Gasteiger partial charge in [0.1, 0.15) is 17.5 Å². The van der Waals surface area contributed by atoms with Gasteiger partial charge in [0, 0.05) is 5.92 Å². The van der Waals surface area contributed by atoms with Gasteiger partial charge in [-0.1, -0.05) is 22.5 Å². The highest BCUT2D eigenvalue weighted by atomic mass is 16.6. The summed E-state index contributed by atoms with van der Waals surface area (Å²) in [6.07, 6.45) is 1.10. The first kappa shape index (κ1) is 8.44. The fourth-order valence-electron chi connectivity index (χ4n) is 1.77. The largest absolute Gasteiger partial charge is 0.386 e. The van der Waals surface area contributed by atoms with Crippen molar-refractivity contribution >= 4 is 0 Å². The number of aliphatic hydroxyl groups excluding tert-OH is 1. The zero-order valence-electron chi connectivity index (χ0n) is 7.53. The molecular weight excluding hydrogens is 168 g/mol. The van der Waals surface area contributed by atoms with Gasteiger partial charge in [-0.3, -0.25) is 0 Å². The molecule has 1 aliphatic rings. The van der Waals surface area contributed by atoms with Gasteiger partial charge in [0.15, 0.2) is 0 Å². The predicted molar refractivity (Wildman–Crippen MR) is 45.9 cm³/mol. The molecule has 1 aromatic heterocycles. The van der Waals surface area contributed by atoms with Crippen molar-refractivity contribution in [1.29, 1.82) is 0 Å². The third-order valence-corrected chi connectivity index (χ3v) is 2.57. The number of hydrogen-bond donors (Lipinski definition) is 1. The highest BCUT2D eigenvalue weighted by Crippen LogP contribution is 2.35. The molecule has 0 amide bonds. The van der Waals surface area contributed by atoms with E-state index in [0.717, 1.165) is 24.1 Å². The second-order valence-corrected chi connectivity index (χ2v) is 3.53. The van der Waals surface area contributed by atoms with Crippen LogP contribution in [-0.2, 0) is 6.42 Å². The van der Waals surface area contributed by atoms with E-state index < -0.39 is 6.10 Å². The molecule has 1 aliphatic carbocycles. The number of aromatic nitrogens is 2. The fourth-order valence-corrected chi connectivity index (χ4v) is 1.77. The Kier molecular flexibility index (Phi) is 1.92. The highest BCUT2D eigenvalue weighted by Gasteiger charge is 2.32. The van der Waals surface area contributed by atoms with Gasteiger partial charge in [0.25, 0.3) is 0 Å². The molecule has 1 N–H and O–H groups in total. The Bertz CT molecular complexity index is 332. The first-order chi connectivity index (χ1) is 6.20. The van der Waals surface area contributed by atoms with Gasteiger partial charge >= 0.3 is 0 Å². The van der Waals surface area contributed by atoms with Gasteiger partial charge < -0.3 is 5.11 Å². The minimum Gasteiger partial charge on any atom is -0.386 e. The zero-order chi connectivity index (χ0) is 9.42. The number of hydrogen-bond acceptors (Lipinski definition) is 4. The molecule has 2 atom stereocenters. The summed E-state index contributed by atoms with van der Waals surface area (Å²) in [4.78, 5) is 0. The smallest absolute Gasteiger partial charge is 0.137 e. The Morgan fingerprint density at radius 1 is 1.62 bits per heavy atom. The molecule has 2 unspecified atom stereocenters. The molecule has 1 heterocycles. The summed E-state index contributed by atoms with van der Waals surface area (Å²) in [5.74, 6) is 0.0967. The van der Waals surface area contributed by atoms with E-state index in [1.54, 1.807) is 0 Å². The van der Waals surface area contributed by atoms with Crippen molar-refractivity contribution < 1.29 is 9.74 Å². The van der Waals surface area contributed by atoms with Crippen LogP contribution in [0.4, 0.5) is 0 Å². The normalized spacial score (nSPS) is 26.9. The lowest BCUT2D eigenvalue weighted by Gasteiger charge is -2.25. The molecule has 4 heteroatoms. The number of aryl methyl sites for hydroxylation is 1. The molecule has 0 saturated carbocycles. The van der Waals surface area contributed by atoms with E-state index in [-0.39, 0.29) is 5.92 Å². The first-order valence-electron chi connectivity index (χ1n) is 4.35. The predicted octanol–water partition coefficient (Wildman–Crippen LogP) is 1.24. The molecule has 0 aromatic carbocycles. The highest BCUT2D eigenvalue weighted by molar-refractivity contribution is 5.20. The molecule has 2 rings (SSSR count). The van der Waals surface area contributed by atoms with Crippen LogP contribution in [0.15, 0.2) is 16.8 Å². The molecule has 0 fully saturated rings. The van der Waals surface area contributed by atoms with Crippen LogP contribution in [-0.4, -0.2) is 15.4 Å². The number of rotatable bonds is 1. The summed E-state index contributed by atoms with van der Waals surface area (Å²) in [6, 6.07) is 0. The van der Waals surface area contributed by atoms with Crippen LogP contribution in [0.5, 0.6) is 0 Å². The lowest BCUT2D eigenvalue weighted by atomic mass is 9.83. The second-order valence-electron chi connectivity index (χ2n) is 3.53. The van der Waals surface area contributed by atoms with E-state index in [4.69, 9.17) is 0 Å². The van der Waals surface area contributed by atoms with Gasteiger partial charge in [-0.15, -0.1) is 0 Å². The van der Waals surface area contributed by atoms with Crippen molar-refractivity contribution in [3.8, 4) is 0 Å². The van der Waals surface area contributed by atoms with Gasteiger partial charge in [-0.2, -0.15) is 0 Å². The lowest BCUT2D eigenvalue weighted by Crippen LogP contribution is -2.21. The Hall–Kier alpha value is -1.16. The van der Waals surface area contributed by atoms with Crippen molar-refractivity contribution in [2.75, 3.05) is 0 Å². The molecule has 70 valence electrons. The van der Waals surface area contributed by atoms with Gasteiger partial charge in [0.05, 0.1) is 0 Å². The molecule has 0 bridgehead atoms. The summed E-state index contributed by atoms with van der Waals surface area (Å²) in [7, 11) is 0. The Balaban J connectivity index is 2.32. The van der Waals surface area contributed by atoms with Crippen molar-refractivity contribution in [3.05, 3.63) is 23.5 Å². The van der Waals surface area contributed by atoms with E-state index in [1.807, 2.05) is 6.92 Å². The van der Waals surface area contributed by atoms with Crippen LogP contribution in [0.25, 0.3) is 0 Å². The van der Waals surface area contributed by atoms with E-state index in [0.29, 0.717) is 5.69 Å². The number of nitrogens with zero attached hydrogens (tertiary/aromatic N) is 2. The zero-order valence-corrected chi connectivity index (χ0v) is 7.53. The van der Waals surface area contributed by atoms with Gasteiger partial charge in [-0.25, -0.2) is 4.63 Å². The second kappa shape index (κ2) is 2.96. The maximum atomic E-state index is 9.86. The summed E-state index contributed by atoms with van der Waals surface area (Å²) < 4.78 is 4.58. The molecule has 0 radical (unpaired) electrons. The summed E-state index contributed by atoms with van der Waals surface area (Å²) in [5.41, 5.74) is 2.35. The van der Waals surface area contributed by atoms with Crippen molar-refractivity contribution in [2.45, 2.75) is 25.9 Å². The quantitative estimate of drug-likeness (QED) is 0.660. The maximum absolute atomic E-state index is 9.86. The molecule has 4 nitrogen and oxygen atoms in total. The standard InChI is InChI=1S/C9H12N2O2/c1-5(2)6-3-4-7-8(9(6)12)11-13-10-7/h6,9,12H,1,3-4H2,2H3. The topological polar surface area (TPSA) is 59.2 Å². The molecule has 0 saturated heterocycles. The third-order valence-electron chi connectivity index (χ3n) is 2.57. The van der Waals surface area contributed by atoms with E-state index in [1.165, 1.54) is 0 Å². The Morgan fingerprint density at radius 3 is 3.08 bits per heavy atom. The Labute approximate surface area is 76.2 Å². The fraction of sp³-hybridized carbons (Fsp3) is 0.556. The molecular formula is C9H12N2O2. The van der Waals surface area contributed by atoms with Crippen LogP contribution in [0.2, 0.25) is 0 Å². The maximum Gasteiger partial charge on any atom is 0.137 e. The van der Waals surface area contributed by atoms with Crippen LogP contribution in [0.1, 0.15) is 30.8 Å². The van der Waals surface area contributed by atoms with Gasteiger partial charge in [-0.05, 0) is 19.8 Å². The van der Waals surface area contributed by atoms with Crippen LogP contribution < -0.4 is 0 Å². The molecule has 1 aromatic rings. The first-order valence-corrected chi connectivity index (χ1v) is 4.35. The Morgan fingerprint density at radius 2 is 2.38 bits per heavy atom. The van der Waals surface area contributed by atoms with E-state index >= 15 is 0 Å². The average molecular weight is 180 g/mol. The molecule has 13 heavy (non-hydrogen) atoms. The van der Waals surface area contributed by atoms with Crippen molar-refractivity contribution in [1.82, 2.24) is 10.3 Å². The van der Waals surface area contributed by atoms with E-state index in [9.17, 15) is 5.11 Å². The van der Waals surface area contributed by atoms with Crippen LogP contribution in [0, 0.1) is 5.92 Å². The van der Waals surface area contributed by atoms with Gasteiger partial charge in [0.2, 0.25) is 0 Å². The monoisotopic (exact) mass is 180 g/mol. The minimum atomic E-state index is -0.590. The van der Waals surface area contributed by atoms with E-state index in [2.05, 4.69) is 21.5 Å². The lowest BCUT2D eigenvalue weighted by molar-refractivity contribution is 0.105. The number of aliphatic hydroxyl groups is 1. The molecule has 0 aliphatic heterocycles. The SMILES string of the molecule is C=C(C)C1CCc2nonc2C1O. The van der Waals surface area contributed by atoms with Crippen LogP contribution in [0.3, 0.4) is 0 Å².